The van der Waals surface area contributed by atoms with E-state index >= 15 is 0 Å². The van der Waals surface area contributed by atoms with Crippen molar-refractivity contribution in [2.75, 3.05) is 16.0 Å². The number of furan rings is 1. The number of benzene rings is 1. The van der Waals surface area contributed by atoms with Gasteiger partial charge >= 0.3 is 6.18 Å². The van der Waals surface area contributed by atoms with Crippen LogP contribution in [0.5, 0.6) is 0 Å². The Morgan fingerprint density at radius 1 is 1.00 bits per heavy atom. The fraction of sp³-hybridized carbons (Fsp3) is 0.150. The van der Waals surface area contributed by atoms with Crippen LogP contribution in [0.3, 0.4) is 0 Å². The van der Waals surface area contributed by atoms with Crippen LogP contribution in [0.15, 0.2) is 47.1 Å². The number of carbonyl (C=O) groups is 3. The lowest BCUT2D eigenvalue weighted by molar-refractivity contribution is -0.137. The first-order chi connectivity index (χ1) is 14.5. The molecule has 3 amide bonds. The molecule has 0 aliphatic heterocycles. The second-order valence-corrected chi connectivity index (χ2v) is 7.50. The smallest absolute Gasteiger partial charge is 0.418 e. The van der Waals surface area contributed by atoms with E-state index in [4.69, 9.17) is 4.42 Å². The van der Waals surface area contributed by atoms with Gasteiger partial charge in [0.15, 0.2) is 5.76 Å². The van der Waals surface area contributed by atoms with Gasteiger partial charge in [-0.1, -0.05) is 0 Å². The number of aryl methyl sites for hydroxylation is 1. The largest absolute Gasteiger partial charge is 0.459 e. The van der Waals surface area contributed by atoms with Gasteiger partial charge in [-0.05, 0) is 48.9 Å². The van der Waals surface area contributed by atoms with Crippen LogP contribution in [0, 0.1) is 6.92 Å². The van der Waals surface area contributed by atoms with Crippen LogP contribution >= 0.6 is 11.3 Å². The summed E-state index contributed by atoms with van der Waals surface area (Å²) in [6.07, 6.45) is -3.42. The van der Waals surface area contributed by atoms with Crippen molar-refractivity contribution < 1.29 is 32.0 Å². The van der Waals surface area contributed by atoms with Gasteiger partial charge in [-0.15, -0.1) is 11.3 Å². The summed E-state index contributed by atoms with van der Waals surface area (Å²) >= 11 is 0.913. The zero-order valence-corrected chi connectivity index (χ0v) is 17.0. The molecule has 3 N–H and O–H groups in total. The van der Waals surface area contributed by atoms with Crippen molar-refractivity contribution in [3.63, 3.8) is 0 Å². The predicted molar refractivity (Wildman–Crippen MR) is 109 cm³/mol. The van der Waals surface area contributed by atoms with Crippen molar-refractivity contribution in [3.8, 4) is 0 Å². The van der Waals surface area contributed by atoms with Gasteiger partial charge in [0.05, 0.1) is 27.4 Å². The molecule has 0 bridgehead atoms. The Hall–Kier alpha value is -3.60. The molecule has 3 aromatic rings. The van der Waals surface area contributed by atoms with Crippen LogP contribution < -0.4 is 16.0 Å². The SMILES string of the molecule is CC(=O)Nc1ccc(NC(=O)c2sc(NC(=O)c3ccco3)cc2C)c(C(F)(F)F)c1. The number of hydrogen-bond donors (Lipinski definition) is 3. The molecule has 1 aromatic carbocycles. The highest BCUT2D eigenvalue weighted by atomic mass is 32.1. The Kier molecular flexibility index (Phi) is 6.16. The van der Waals surface area contributed by atoms with Crippen molar-refractivity contribution in [1.82, 2.24) is 0 Å². The molecule has 0 fully saturated rings. The van der Waals surface area contributed by atoms with Crippen molar-refractivity contribution in [1.29, 1.82) is 0 Å². The number of amides is 3. The minimum Gasteiger partial charge on any atom is -0.459 e. The summed E-state index contributed by atoms with van der Waals surface area (Å²) in [7, 11) is 0. The fourth-order valence-electron chi connectivity index (χ4n) is 2.70. The Morgan fingerprint density at radius 3 is 2.35 bits per heavy atom. The molecule has 31 heavy (non-hydrogen) atoms. The maximum absolute atomic E-state index is 13.5. The molecule has 2 heterocycles. The van der Waals surface area contributed by atoms with Gasteiger partial charge in [0.25, 0.3) is 11.8 Å². The molecule has 0 aliphatic rings. The molecule has 0 saturated carbocycles. The lowest BCUT2D eigenvalue weighted by Crippen LogP contribution is -2.17. The molecular formula is C20H16F3N3O4S. The van der Waals surface area contributed by atoms with E-state index in [2.05, 4.69) is 16.0 Å². The van der Waals surface area contributed by atoms with Gasteiger partial charge in [-0.25, -0.2) is 0 Å². The van der Waals surface area contributed by atoms with E-state index in [1.807, 2.05) is 0 Å². The third-order valence-corrected chi connectivity index (χ3v) is 5.15. The van der Waals surface area contributed by atoms with Crippen LogP contribution in [-0.2, 0) is 11.0 Å². The molecule has 0 aliphatic carbocycles. The molecule has 0 radical (unpaired) electrons. The summed E-state index contributed by atoms with van der Waals surface area (Å²) in [5, 5.41) is 7.44. The minimum absolute atomic E-state index is 0.0481. The van der Waals surface area contributed by atoms with Gasteiger partial charge < -0.3 is 20.4 Å². The third kappa shape index (κ3) is 5.31. The predicted octanol–water partition coefficient (Wildman–Crippen LogP) is 5.13. The summed E-state index contributed by atoms with van der Waals surface area (Å²) in [4.78, 5) is 36.0. The number of nitrogens with one attached hydrogen (secondary N) is 3. The quantitative estimate of drug-likeness (QED) is 0.501. The second kappa shape index (κ2) is 8.64. The highest BCUT2D eigenvalue weighted by Gasteiger charge is 2.34. The van der Waals surface area contributed by atoms with Crippen LogP contribution in [-0.4, -0.2) is 17.7 Å². The molecule has 2 aromatic heterocycles. The number of hydrogen-bond acceptors (Lipinski definition) is 5. The molecule has 7 nitrogen and oxygen atoms in total. The second-order valence-electron chi connectivity index (χ2n) is 6.45. The van der Waals surface area contributed by atoms with Crippen molar-refractivity contribution in [2.45, 2.75) is 20.0 Å². The third-order valence-electron chi connectivity index (χ3n) is 4.00. The lowest BCUT2D eigenvalue weighted by atomic mass is 10.1. The van der Waals surface area contributed by atoms with Crippen LogP contribution in [0.2, 0.25) is 0 Å². The maximum Gasteiger partial charge on any atom is 0.418 e. The summed E-state index contributed by atoms with van der Waals surface area (Å²) in [6, 6.07) is 7.60. The molecule has 0 atom stereocenters. The first kappa shape index (κ1) is 22.1. The van der Waals surface area contributed by atoms with E-state index in [0.29, 0.717) is 10.6 Å². The molecule has 0 saturated heterocycles. The Morgan fingerprint density at radius 2 is 1.74 bits per heavy atom. The molecule has 0 unspecified atom stereocenters. The van der Waals surface area contributed by atoms with Gasteiger partial charge in [0.1, 0.15) is 0 Å². The van der Waals surface area contributed by atoms with E-state index in [1.165, 1.54) is 31.4 Å². The number of rotatable bonds is 5. The highest BCUT2D eigenvalue weighted by molar-refractivity contribution is 7.18. The Bertz CT molecular complexity index is 1140. The van der Waals surface area contributed by atoms with E-state index in [9.17, 15) is 27.6 Å². The maximum atomic E-state index is 13.5. The number of alkyl halides is 3. The van der Waals surface area contributed by atoms with Gasteiger partial charge in [-0.2, -0.15) is 13.2 Å². The average molecular weight is 451 g/mol. The standard InChI is InChI=1S/C20H16F3N3O4S/c1-10-8-16(26-18(28)15-4-3-7-30-15)31-17(10)19(29)25-14-6-5-12(24-11(2)27)9-13(14)20(21,22)23/h3-9H,1-2H3,(H,24,27)(H,25,29)(H,26,28). The van der Waals surface area contributed by atoms with Crippen molar-refractivity contribution in [2.24, 2.45) is 0 Å². The number of carbonyl (C=O) groups excluding carboxylic acids is 3. The summed E-state index contributed by atoms with van der Waals surface area (Å²) in [5.74, 6) is -1.74. The zero-order chi connectivity index (χ0) is 22.8. The van der Waals surface area contributed by atoms with Crippen LogP contribution in [0.4, 0.5) is 29.5 Å². The van der Waals surface area contributed by atoms with E-state index < -0.39 is 35.1 Å². The fourth-order valence-corrected chi connectivity index (χ4v) is 3.66. The lowest BCUT2D eigenvalue weighted by Gasteiger charge is -2.15. The van der Waals surface area contributed by atoms with E-state index in [0.717, 1.165) is 23.5 Å². The van der Waals surface area contributed by atoms with Gasteiger partial charge in [0, 0.05) is 12.6 Å². The summed E-state index contributed by atoms with van der Waals surface area (Å²) < 4.78 is 45.4. The van der Waals surface area contributed by atoms with Crippen LogP contribution in [0.25, 0.3) is 0 Å². The Balaban J connectivity index is 1.82. The number of thiophene rings is 1. The normalized spacial score (nSPS) is 11.1. The van der Waals surface area contributed by atoms with Crippen LogP contribution in [0.1, 0.15) is 38.3 Å². The highest BCUT2D eigenvalue weighted by Crippen LogP contribution is 2.37. The molecule has 162 valence electrons. The van der Waals surface area contributed by atoms with Gasteiger partial charge in [0.2, 0.25) is 5.91 Å². The summed E-state index contributed by atoms with van der Waals surface area (Å²) in [6.45, 7) is 2.77. The molecular weight excluding hydrogens is 435 g/mol. The molecule has 3 rings (SSSR count). The number of halogens is 3. The van der Waals surface area contributed by atoms with E-state index in [-0.39, 0.29) is 16.3 Å². The monoisotopic (exact) mass is 451 g/mol. The first-order valence-electron chi connectivity index (χ1n) is 8.80. The first-order valence-corrected chi connectivity index (χ1v) is 9.61. The zero-order valence-electron chi connectivity index (χ0n) is 16.2. The van der Waals surface area contributed by atoms with Gasteiger partial charge in [-0.3, -0.25) is 14.4 Å². The number of anilines is 3. The molecule has 11 heteroatoms. The average Bonchev–Trinajstić information content (AvgIpc) is 3.31. The van der Waals surface area contributed by atoms with Crippen molar-refractivity contribution in [3.05, 3.63) is 64.4 Å². The minimum atomic E-state index is -4.76. The topological polar surface area (TPSA) is 100 Å². The Labute approximate surface area is 178 Å². The molecule has 0 spiro atoms. The van der Waals surface area contributed by atoms with E-state index in [1.54, 1.807) is 13.0 Å². The van der Waals surface area contributed by atoms with Crippen molar-refractivity contribution >= 4 is 45.4 Å². The summed E-state index contributed by atoms with van der Waals surface area (Å²) in [5.41, 5.74) is -1.14.